The number of carbonyl (C=O) groups excluding carboxylic acids is 1. The summed E-state index contributed by atoms with van der Waals surface area (Å²) in [7, 11) is 1.63. The number of aryl methyl sites for hydroxylation is 1. The van der Waals surface area contributed by atoms with Crippen LogP contribution in [0.2, 0.25) is 0 Å². The Bertz CT molecular complexity index is 1450. The van der Waals surface area contributed by atoms with E-state index in [1.807, 2.05) is 66.7 Å². The number of rotatable bonds is 5. The second kappa shape index (κ2) is 8.19. The van der Waals surface area contributed by atoms with Gasteiger partial charge in [-0.15, -0.1) is 0 Å². The lowest BCUT2D eigenvalue weighted by Crippen LogP contribution is -2.24. The highest BCUT2D eigenvalue weighted by molar-refractivity contribution is 6.13. The SMILES string of the molecule is COc1ccccc1CNC(=O)c1cc2c([nH]c3ccccc32)c(-c2ccccc2C)n1. The molecule has 0 aliphatic heterocycles. The van der Waals surface area contributed by atoms with Gasteiger partial charge in [0.1, 0.15) is 11.4 Å². The van der Waals surface area contributed by atoms with Crippen LogP contribution in [-0.4, -0.2) is 23.0 Å². The molecule has 0 spiro atoms. The maximum atomic E-state index is 13.2. The molecule has 5 rings (SSSR count). The maximum absolute atomic E-state index is 13.2. The standard InChI is InChI=1S/C27H23N3O2/c1-17-9-3-5-11-19(17)25-26-21(20-12-6-7-13-22(20)29-26)15-23(30-25)27(31)28-16-18-10-4-8-14-24(18)32-2/h3-15,29H,16H2,1-2H3,(H,28,31). The number of benzene rings is 3. The van der Waals surface area contributed by atoms with Crippen LogP contribution >= 0.6 is 0 Å². The summed E-state index contributed by atoms with van der Waals surface area (Å²) >= 11 is 0. The van der Waals surface area contributed by atoms with Gasteiger partial charge in [0, 0.05) is 34.0 Å². The molecule has 0 aliphatic carbocycles. The van der Waals surface area contributed by atoms with Crippen LogP contribution in [0.5, 0.6) is 5.75 Å². The van der Waals surface area contributed by atoms with Crippen molar-refractivity contribution in [2.45, 2.75) is 13.5 Å². The van der Waals surface area contributed by atoms with E-state index >= 15 is 0 Å². The Balaban J connectivity index is 1.61. The lowest BCUT2D eigenvalue weighted by molar-refractivity contribution is 0.0946. The number of carbonyl (C=O) groups is 1. The fraction of sp³-hybridized carbons (Fsp3) is 0.111. The van der Waals surface area contributed by atoms with Gasteiger partial charge >= 0.3 is 0 Å². The number of hydrogen-bond acceptors (Lipinski definition) is 3. The molecule has 0 saturated heterocycles. The van der Waals surface area contributed by atoms with Crippen LogP contribution in [0.25, 0.3) is 33.1 Å². The molecule has 0 unspecified atom stereocenters. The molecule has 5 heteroatoms. The van der Waals surface area contributed by atoms with Crippen molar-refractivity contribution in [3.05, 3.63) is 95.7 Å². The quantitative estimate of drug-likeness (QED) is 0.386. The summed E-state index contributed by atoms with van der Waals surface area (Å²) in [5, 5.41) is 5.05. The molecule has 0 fully saturated rings. The van der Waals surface area contributed by atoms with Crippen molar-refractivity contribution in [3.8, 4) is 17.0 Å². The van der Waals surface area contributed by atoms with E-state index in [1.54, 1.807) is 7.11 Å². The van der Waals surface area contributed by atoms with Gasteiger partial charge < -0.3 is 15.0 Å². The fourth-order valence-corrected chi connectivity index (χ4v) is 4.11. The van der Waals surface area contributed by atoms with Gasteiger partial charge in [0.25, 0.3) is 5.91 Å². The number of nitrogens with one attached hydrogen (secondary N) is 2. The van der Waals surface area contributed by atoms with Crippen molar-refractivity contribution >= 4 is 27.7 Å². The summed E-state index contributed by atoms with van der Waals surface area (Å²) in [4.78, 5) is 21.5. The van der Waals surface area contributed by atoms with E-state index < -0.39 is 0 Å². The molecule has 32 heavy (non-hydrogen) atoms. The van der Waals surface area contributed by atoms with Gasteiger partial charge in [-0.1, -0.05) is 60.7 Å². The normalized spacial score (nSPS) is 11.1. The lowest BCUT2D eigenvalue weighted by Gasteiger charge is -2.11. The number of aromatic nitrogens is 2. The number of hydrogen-bond donors (Lipinski definition) is 2. The third kappa shape index (κ3) is 3.48. The van der Waals surface area contributed by atoms with Crippen LogP contribution < -0.4 is 10.1 Å². The molecule has 0 saturated carbocycles. The highest BCUT2D eigenvalue weighted by atomic mass is 16.5. The first-order valence-electron chi connectivity index (χ1n) is 10.5. The molecule has 0 bridgehead atoms. The molecule has 1 amide bonds. The summed E-state index contributed by atoms with van der Waals surface area (Å²) in [6, 6.07) is 25.7. The number of pyridine rings is 1. The van der Waals surface area contributed by atoms with E-state index in [-0.39, 0.29) is 5.91 Å². The Morgan fingerprint density at radius 2 is 1.72 bits per heavy atom. The number of ether oxygens (including phenoxy) is 1. The number of H-pyrrole nitrogens is 1. The Kier molecular flexibility index (Phi) is 5.07. The summed E-state index contributed by atoms with van der Waals surface area (Å²) in [5.74, 6) is 0.520. The third-order valence-corrected chi connectivity index (χ3v) is 5.76. The molecule has 2 N–H and O–H groups in total. The number of aromatic amines is 1. The maximum Gasteiger partial charge on any atom is 0.270 e. The predicted octanol–water partition coefficient (Wildman–Crippen LogP) is 5.63. The van der Waals surface area contributed by atoms with Gasteiger partial charge in [0.2, 0.25) is 0 Å². The Labute approximate surface area is 186 Å². The second-order valence-electron chi connectivity index (χ2n) is 7.76. The van der Waals surface area contributed by atoms with E-state index in [2.05, 4.69) is 29.4 Å². The van der Waals surface area contributed by atoms with Crippen LogP contribution in [0.15, 0.2) is 78.9 Å². The highest BCUT2D eigenvalue weighted by Gasteiger charge is 2.18. The molecule has 0 atom stereocenters. The molecule has 158 valence electrons. The zero-order valence-electron chi connectivity index (χ0n) is 18.0. The fourth-order valence-electron chi connectivity index (χ4n) is 4.11. The first-order chi connectivity index (χ1) is 15.7. The Morgan fingerprint density at radius 1 is 0.969 bits per heavy atom. The highest BCUT2D eigenvalue weighted by Crippen LogP contribution is 2.34. The zero-order chi connectivity index (χ0) is 22.1. The molecule has 2 heterocycles. The molecule has 5 aromatic rings. The van der Waals surface area contributed by atoms with E-state index in [4.69, 9.17) is 9.72 Å². The van der Waals surface area contributed by atoms with Crippen LogP contribution in [0, 0.1) is 6.92 Å². The summed E-state index contributed by atoms with van der Waals surface area (Å²) in [6.07, 6.45) is 0. The monoisotopic (exact) mass is 421 g/mol. The molecule has 3 aromatic carbocycles. The number of para-hydroxylation sites is 2. The molecular formula is C27H23N3O2. The van der Waals surface area contributed by atoms with Crippen molar-refractivity contribution in [2.75, 3.05) is 7.11 Å². The first kappa shape index (κ1) is 19.8. The van der Waals surface area contributed by atoms with E-state index in [0.29, 0.717) is 12.2 Å². The van der Waals surface area contributed by atoms with Gasteiger partial charge in [-0.05, 0) is 30.7 Å². The van der Waals surface area contributed by atoms with Crippen molar-refractivity contribution < 1.29 is 9.53 Å². The summed E-state index contributed by atoms with van der Waals surface area (Å²) in [6.45, 7) is 2.41. The number of fused-ring (bicyclic) bond motifs is 3. The van der Waals surface area contributed by atoms with Crippen LogP contribution in [-0.2, 0) is 6.54 Å². The summed E-state index contributed by atoms with van der Waals surface area (Å²) < 4.78 is 5.40. The van der Waals surface area contributed by atoms with E-state index in [1.165, 1.54) is 0 Å². The van der Waals surface area contributed by atoms with Crippen LogP contribution in [0.1, 0.15) is 21.6 Å². The minimum atomic E-state index is -0.224. The van der Waals surface area contributed by atoms with E-state index in [0.717, 1.165) is 49.9 Å². The molecule has 2 aromatic heterocycles. The minimum Gasteiger partial charge on any atom is -0.496 e. The van der Waals surface area contributed by atoms with Crippen molar-refractivity contribution in [3.63, 3.8) is 0 Å². The van der Waals surface area contributed by atoms with Gasteiger partial charge in [-0.2, -0.15) is 0 Å². The topological polar surface area (TPSA) is 67.0 Å². The average Bonchev–Trinajstić information content (AvgIpc) is 3.21. The van der Waals surface area contributed by atoms with Crippen molar-refractivity contribution in [2.24, 2.45) is 0 Å². The number of amides is 1. The van der Waals surface area contributed by atoms with Gasteiger partial charge in [0.05, 0.1) is 18.3 Å². The van der Waals surface area contributed by atoms with Crippen molar-refractivity contribution in [1.82, 2.24) is 15.3 Å². The first-order valence-corrected chi connectivity index (χ1v) is 10.5. The number of nitrogens with zero attached hydrogens (tertiary/aromatic N) is 1. The molecule has 0 aliphatic rings. The molecule has 0 radical (unpaired) electrons. The largest absolute Gasteiger partial charge is 0.496 e. The summed E-state index contributed by atoms with van der Waals surface area (Å²) in [5.41, 5.74) is 6.13. The Hall–Kier alpha value is -4.12. The van der Waals surface area contributed by atoms with Crippen LogP contribution in [0.3, 0.4) is 0 Å². The van der Waals surface area contributed by atoms with Crippen LogP contribution in [0.4, 0.5) is 0 Å². The lowest BCUT2D eigenvalue weighted by atomic mass is 10.0. The predicted molar refractivity (Wildman–Crippen MR) is 128 cm³/mol. The van der Waals surface area contributed by atoms with Gasteiger partial charge in [-0.3, -0.25) is 4.79 Å². The van der Waals surface area contributed by atoms with Gasteiger partial charge in [0.15, 0.2) is 0 Å². The smallest absolute Gasteiger partial charge is 0.270 e. The third-order valence-electron chi connectivity index (χ3n) is 5.76. The molecular weight excluding hydrogens is 398 g/mol. The Morgan fingerprint density at radius 3 is 2.56 bits per heavy atom. The minimum absolute atomic E-state index is 0.224. The van der Waals surface area contributed by atoms with Gasteiger partial charge in [-0.25, -0.2) is 4.98 Å². The second-order valence-corrected chi connectivity index (χ2v) is 7.76. The average molecular weight is 422 g/mol. The zero-order valence-corrected chi connectivity index (χ0v) is 18.0. The van der Waals surface area contributed by atoms with E-state index in [9.17, 15) is 4.79 Å². The number of methoxy groups -OCH3 is 1. The van der Waals surface area contributed by atoms with Crippen molar-refractivity contribution in [1.29, 1.82) is 0 Å². The molecule has 5 nitrogen and oxygen atoms in total.